The van der Waals surface area contributed by atoms with E-state index in [9.17, 15) is 4.79 Å². The van der Waals surface area contributed by atoms with E-state index in [1.165, 1.54) is 0 Å². The highest BCUT2D eigenvalue weighted by Crippen LogP contribution is 2.19. The van der Waals surface area contributed by atoms with Crippen molar-refractivity contribution < 1.29 is 4.79 Å². The third-order valence-electron chi connectivity index (χ3n) is 2.70. The average Bonchev–Trinajstić information content (AvgIpc) is 2.26. The average molecular weight is 303 g/mol. The van der Waals surface area contributed by atoms with Crippen LogP contribution < -0.4 is 11.1 Å². The molecule has 3 N–H and O–H groups in total. The van der Waals surface area contributed by atoms with Gasteiger partial charge in [-0.2, -0.15) is 0 Å². The summed E-state index contributed by atoms with van der Waals surface area (Å²) in [4.78, 5) is 11.7. The molecule has 1 atom stereocenters. The first-order valence-electron chi connectivity index (χ1n) is 6.36. The molecule has 1 amide bonds. The smallest absolute Gasteiger partial charge is 0.236 e. The first-order valence-corrected chi connectivity index (χ1v) is 7.12. The van der Waals surface area contributed by atoms with Crippen molar-refractivity contribution in [2.24, 2.45) is 11.7 Å². The molecule has 0 fully saturated rings. The zero-order chi connectivity index (χ0) is 14.4. The van der Waals surface area contributed by atoms with E-state index in [1.54, 1.807) is 6.07 Å². The summed E-state index contributed by atoms with van der Waals surface area (Å²) in [7, 11) is 0. The summed E-state index contributed by atoms with van der Waals surface area (Å²) in [5, 5.41) is 4.03. The molecular formula is C14H20Cl2N2O. The first kappa shape index (κ1) is 16.3. The number of nitrogens with one attached hydrogen (secondary N) is 1. The van der Waals surface area contributed by atoms with E-state index in [2.05, 4.69) is 5.32 Å². The van der Waals surface area contributed by atoms with Crippen LogP contribution in [-0.2, 0) is 11.2 Å². The Hall–Kier alpha value is -0.770. The van der Waals surface area contributed by atoms with Gasteiger partial charge in [0.1, 0.15) is 0 Å². The van der Waals surface area contributed by atoms with Gasteiger partial charge in [-0.05, 0) is 42.5 Å². The predicted molar refractivity (Wildman–Crippen MR) is 80.6 cm³/mol. The van der Waals surface area contributed by atoms with Gasteiger partial charge in [-0.3, -0.25) is 4.79 Å². The van der Waals surface area contributed by atoms with E-state index in [4.69, 9.17) is 28.9 Å². The molecule has 106 valence electrons. The van der Waals surface area contributed by atoms with Gasteiger partial charge in [0.25, 0.3) is 0 Å². The van der Waals surface area contributed by atoms with E-state index in [-0.39, 0.29) is 5.91 Å². The summed E-state index contributed by atoms with van der Waals surface area (Å²) < 4.78 is 0. The minimum Gasteiger partial charge on any atom is -0.354 e. The number of amides is 1. The van der Waals surface area contributed by atoms with Crippen molar-refractivity contribution in [1.82, 2.24) is 5.32 Å². The molecule has 5 heteroatoms. The molecule has 0 heterocycles. The summed E-state index contributed by atoms with van der Waals surface area (Å²) in [5.74, 6) is 0.300. The molecule has 0 bridgehead atoms. The third-order valence-corrected chi connectivity index (χ3v) is 3.13. The molecule has 0 saturated carbocycles. The van der Waals surface area contributed by atoms with Crippen LogP contribution in [-0.4, -0.2) is 18.5 Å². The number of hydrogen-bond acceptors (Lipinski definition) is 2. The normalized spacial score (nSPS) is 12.5. The molecule has 1 rings (SSSR count). The summed E-state index contributed by atoms with van der Waals surface area (Å²) in [5.41, 5.74) is 6.79. The molecule has 1 aromatic rings. The summed E-state index contributed by atoms with van der Waals surface area (Å²) in [6.45, 7) is 4.61. The highest BCUT2D eigenvalue weighted by Gasteiger charge is 2.14. The van der Waals surface area contributed by atoms with E-state index in [0.29, 0.717) is 35.3 Å². The molecule has 0 aliphatic heterocycles. The second-order valence-corrected chi connectivity index (χ2v) is 5.93. The maximum absolute atomic E-state index is 11.7. The van der Waals surface area contributed by atoms with Crippen molar-refractivity contribution in [2.75, 3.05) is 6.54 Å². The van der Waals surface area contributed by atoms with Crippen LogP contribution in [0, 0.1) is 5.92 Å². The molecule has 3 nitrogen and oxygen atoms in total. The standard InChI is InChI=1S/C14H20Cl2N2O/c1-9(2)5-13(17)14(19)18-4-3-10-6-11(15)8-12(16)7-10/h6-9,13H,3-5,17H2,1-2H3,(H,18,19)/t13-/m0/s1. The fourth-order valence-electron chi connectivity index (χ4n) is 1.83. The molecular weight excluding hydrogens is 283 g/mol. The van der Waals surface area contributed by atoms with Gasteiger partial charge in [0.05, 0.1) is 6.04 Å². The molecule has 0 saturated heterocycles. The molecule has 0 spiro atoms. The fraction of sp³-hybridized carbons (Fsp3) is 0.500. The SMILES string of the molecule is CC(C)C[C@H](N)C(=O)NCCc1cc(Cl)cc(Cl)c1. The van der Waals surface area contributed by atoms with Crippen LogP contribution in [0.5, 0.6) is 0 Å². The Morgan fingerprint density at radius 1 is 1.26 bits per heavy atom. The second kappa shape index (κ2) is 7.73. The Morgan fingerprint density at radius 2 is 1.84 bits per heavy atom. The van der Waals surface area contributed by atoms with Crippen LogP contribution in [0.15, 0.2) is 18.2 Å². The Morgan fingerprint density at radius 3 is 2.37 bits per heavy atom. The van der Waals surface area contributed by atoms with Crippen molar-refractivity contribution >= 4 is 29.1 Å². The van der Waals surface area contributed by atoms with Crippen molar-refractivity contribution in [3.8, 4) is 0 Å². The number of hydrogen-bond donors (Lipinski definition) is 2. The Labute approximate surface area is 124 Å². The van der Waals surface area contributed by atoms with Gasteiger partial charge in [0.15, 0.2) is 0 Å². The summed E-state index contributed by atoms with van der Waals surface area (Å²) in [6, 6.07) is 4.92. The number of carbonyl (C=O) groups excluding carboxylic acids is 1. The third kappa shape index (κ3) is 6.28. The number of benzene rings is 1. The van der Waals surface area contributed by atoms with Crippen LogP contribution in [0.2, 0.25) is 10.0 Å². The largest absolute Gasteiger partial charge is 0.354 e. The Balaban J connectivity index is 2.39. The maximum atomic E-state index is 11.7. The van der Waals surface area contributed by atoms with Crippen LogP contribution >= 0.6 is 23.2 Å². The van der Waals surface area contributed by atoms with Gasteiger partial charge in [0.2, 0.25) is 5.91 Å². The molecule has 0 radical (unpaired) electrons. The molecule has 0 aliphatic carbocycles. The van der Waals surface area contributed by atoms with Crippen LogP contribution in [0.3, 0.4) is 0 Å². The lowest BCUT2D eigenvalue weighted by Gasteiger charge is -2.14. The highest BCUT2D eigenvalue weighted by atomic mass is 35.5. The summed E-state index contributed by atoms with van der Waals surface area (Å²) in [6.07, 6.45) is 1.37. The Kier molecular flexibility index (Phi) is 6.63. The van der Waals surface area contributed by atoms with E-state index in [1.807, 2.05) is 26.0 Å². The summed E-state index contributed by atoms with van der Waals surface area (Å²) >= 11 is 11.8. The van der Waals surface area contributed by atoms with Crippen molar-refractivity contribution in [2.45, 2.75) is 32.7 Å². The zero-order valence-electron chi connectivity index (χ0n) is 11.2. The molecule has 0 unspecified atom stereocenters. The van der Waals surface area contributed by atoms with Crippen molar-refractivity contribution in [3.05, 3.63) is 33.8 Å². The lowest BCUT2D eigenvalue weighted by molar-refractivity contribution is -0.122. The second-order valence-electron chi connectivity index (χ2n) is 5.05. The topological polar surface area (TPSA) is 55.1 Å². The highest BCUT2D eigenvalue weighted by molar-refractivity contribution is 6.34. The number of nitrogens with two attached hydrogens (primary N) is 1. The van der Waals surface area contributed by atoms with Gasteiger partial charge in [0, 0.05) is 16.6 Å². The van der Waals surface area contributed by atoms with Gasteiger partial charge in [-0.15, -0.1) is 0 Å². The Bertz CT molecular complexity index is 415. The number of carbonyl (C=O) groups is 1. The minimum absolute atomic E-state index is 0.109. The quantitative estimate of drug-likeness (QED) is 0.848. The molecule has 0 aliphatic rings. The lowest BCUT2D eigenvalue weighted by Crippen LogP contribution is -2.42. The monoisotopic (exact) mass is 302 g/mol. The number of halogens is 2. The van der Waals surface area contributed by atoms with E-state index < -0.39 is 6.04 Å². The van der Waals surface area contributed by atoms with Crippen molar-refractivity contribution in [3.63, 3.8) is 0 Å². The van der Waals surface area contributed by atoms with Crippen molar-refractivity contribution in [1.29, 1.82) is 0 Å². The first-order chi connectivity index (χ1) is 8.88. The van der Waals surface area contributed by atoms with Crippen LogP contribution in [0.25, 0.3) is 0 Å². The lowest BCUT2D eigenvalue weighted by atomic mass is 10.0. The van der Waals surface area contributed by atoms with Gasteiger partial charge in [-0.25, -0.2) is 0 Å². The minimum atomic E-state index is -0.442. The molecule has 1 aromatic carbocycles. The predicted octanol–water partition coefficient (Wildman–Crippen LogP) is 3.03. The zero-order valence-corrected chi connectivity index (χ0v) is 12.8. The van der Waals surface area contributed by atoms with Gasteiger partial charge in [-0.1, -0.05) is 37.0 Å². The van der Waals surface area contributed by atoms with E-state index in [0.717, 1.165) is 5.56 Å². The van der Waals surface area contributed by atoms with Crippen LogP contribution in [0.4, 0.5) is 0 Å². The molecule has 19 heavy (non-hydrogen) atoms. The number of rotatable bonds is 6. The van der Waals surface area contributed by atoms with E-state index >= 15 is 0 Å². The fourth-order valence-corrected chi connectivity index (χ4v) is 2.40. The molecule has 0 aromatic heterocycles. The van der Waals surface area contributed by atoms with Gasteiger partial charge < -0.3 is 11.1 Å². The van der Waals surface area contributed by atoms with Crippen LogP contribution in [0.1, 0.15) is 25.8 Å². The maximum Gasteiger partial charge on any atom is 0.236 e. The van der Waals surface area contributed by atoms with Gasteiger partial charge >= 0.3 is 0 Å².